The molecule has 1 N–H and O–H groups in total. The Balaban J connectivity index is 2.11. The Labute approximate surface area is 132 Å². The molecule has 21 heavy (non-hydrogen) atoms. The van der Waals surface area contributed by atoms with Crippen LogP contribution in [0.5, 0.6) is 0 Å². The minimum absolute atomic E-state index is 0.337. The zero-order chi connectivity index (χ0) is 14.9. The second-order valence-electron chi connectivity index (χ2n) is 6.62. The molecule has 112 valence electrons. The van der Waals surface area contributed by atoms with Gasteiger partial charge in [-0.2, -0.15) is 0 Å². The standard InChI is InChI=1S/C19H24ClN/c1-19(12-6-3-7-13-19)18(21-2)16-10-11-17(20)15-9-5-4-8-14(15)16/h4-5,8-11,18,21H,3,6-7,12-13H2,1-2H3. The summed E-state index contributed by atoms with van der Waals surface area (Å²) in [7, 11) is 2.09. The molecule has 0 radical (unpaired) electrons. The Bertz CT molecular complexity index is 628. The van der Waals surface area contributed by atoms with Gasteiger partial charge in [0.25, 0.3) is 0 Å². The average Bonchev–Trinajstić information content (AvgIpc) is 2.51. The molecule has 2 heteroatoms. The van der Waals surface area contributed by atoms with Gasteiger partial charge >= 0.3 is 0 Å². The molecule has 2 aromatic rings. The van der Waals surface area contributed by atoms with Gasteiger partial charge in [-0.1, -0.05) is 68.1 Å². The smallest absolute Gasteiger partial charge is 0.0484 e. The molecule has 1 saturated carbocycles. The molecule has 0 spiro atoms. The molecule has 1 nitrogen and oxygen atoms in total. The van der Waals surface area contributed by atoms with Gasteiger partial charge in [0.1, 0.15) is 0 Å². The van der Waals surface area contributed by atoms with Crippen LogP contribution in [0.1, 0.15) is 50.6 Å². The first-order chi connectivity index (χ1) is 10.2. The first-order valence-electron chi connectivity index (χ1n) is 8.00. The highest BCUT2D eigenvalue weighted by Gasteiger charge is 2.36. The molecule has 1 unspecified atom stereocenters. The Hall–Kier alpha value is -1.05. The molecule has 0 amide bonds. The quantitative estimate of drug-likeness (QED) is 0.764. The maximum absolute atomic E-state index is 6.38. The van der Waals surface area contributed by atoms with Crippen LogP contribution in [-0.2, 0) is 0 Å². The minimum Gasteiger partial charge on any atom is -0.313 e. The van der Waals surface area contributed by atoms with E-state index in [1.165, 1.54) is 43.1 Å². The van der Waals surface area contributed by atoms with Crippen molar-refractivity contribution in [2.75, 3.05) is 7.05 Å². The SMILES string of the molecule is CNC(c1ccc(Cl)c2ccccc12)C1(C)CCCCC1. The highest BCUT2D eigenvalue weighted by atomic mass is 35.5. The molecule has 1 aliphatic rings. The number of halogens is 1. The zero-order valence-corrected chi connectivity index (χ0v) is 13.7. The van der Waals surface area contributed by atoms with Crippen LogP contribution in [0.15, 0.2) is 36.4 Å². The van der Waals surface area contributed by atoms with Crippen LogP contribution in [0.3, 0.4) is 0 Å². The van der Waals surface area contributed by atoms with Crippen molar-refractivity contribution in [1.82, 2.24) is 5.32 Å². The molecular formula is C19H24ClN. The Kier molecular flexibility index (Phi) is 4.24. The van der Waals surface area contributed by atoms with Gasteiger partial charge in [0.15, 0.2) is 0 Å². The van der Waals surface area contributed by atoms with Gasteiger partial charge in [-0.25, -0.2) is 0 Å². The lowest BCUT2D eigenvalue weighted by molar-refractivity contribution is 0.151. The third-order valence-corrected chi connectivity index (χ3v) is 5.53. The van der Waals surface area contributed by atoms with Gasteiger partial charge < -0.3 is 5.32 Å². The van der Waals surface area contributed by atoms with E-state index in [1.807, 2.05) is 0 Å². The van der Waals surface area contributed by atoms with Crippen LogP contribution in [0.25, 0.3) is 10.8 Å². The summed E-state index contributed by atoms with van der Waals surface area (Å²) >= 11 is 6.38. The van der Waals surface area contributed by atoms with Crippen molar-refractivity contribution in [1.29, 1.82) is 0 Å². The van der Waals surface area contributed by atoms with E-state index in [0.717, 1.165) is 10.4 Å². The van der Waals surface area contributed by atoms with E-state index in [9.17, 15) is 0 Å². The van der Waals surface area contributed by atoms with E-state index in [2.05, 4.69) is 55.7 Å². The summed E-state index contributed by atoms with van der Waals surface area (Å²) in [4.78, 5) is 0. The molecular weight excluding hydrogens is 278 g/mol. The monoisotopic (exact) mass is 301 g/mol. The number of benzene rings is 2. The number of nitrogens with one attached hydrogen (secondary N) is 1. The van der Waals surface area contributed by atoms with E-state index in [0.29, 0.717) is 11.5 Å². The van der Waals surface area contributed by atoms with Gasteiger partial charge in [0, 0.05) is 16.5 Å². The van der Waals surface area contributed by atoms with E-state index in [4.69, 9.17) is 11.6 Å². The number of hydrogen-bond acceptors (Lipinski definition) is 1. The van der Waals surface area contributed by atoms with Crippen LogP contribution >= 0.6 is 11.6 Å². The van der Waals surface area contributed by atoms with Gasteiger partial charge in [-0.3, -0.25) is 0 Å². The van der Waals surface area contributed by atoms with Crippen molar-refractivity contribution in [2.24, 2.45) is 5.41 Å². The summed E-state index contributed by atoms with van der Waals surface area (Å²) in [6.07, 6.45) is 6.68. The summed E-state index contributed by atoms with van der Waals surface area (Å²) in [5, 5.41) is 6.89. The molecule has 0 aromatic heterocycles. The van der Waals surface area contributed by atoms with Crippen LogP contribution in [0.2, 0.25) is 5.02 Å². The Morgan fingerprint density at radius 1 is 1.00 bits per heavy atom. The molecule has 1 fully saturated rings. The molecule has 0 saturated heterocycles. The fraction of sp³-hybridized carbons (Fsp3) is 0.474. The molecule has 1 atom stereocenters. The van der Waals surface area contributed by atoms with Crippen molar-refractivity contribution in [3.05, 3.63) is 47.0 Å². The Morgan fingerprint density at radius 3 is 2.33 bits per heavy atom. The summed E-state index contributed by atoms with van der Waals surface area (Å²) in [5.41, 5.74) is 1.73. The molecule has 3 rings (SSSR count). The number of hydrogen-bond donors (Lipinski definition) is 1. The first-order valence-corrected chi connectivity index (χ1v) is 8.38. The van der Waals surface area contributed by atoms with Crippen molar-refractivity contribution in [3.63, 3.8) is 0 Å². The van der Waals surface area contributed by atoms with Crippen molar-refractivity contribution in [2.45, 2.75) is 45.1 Å². The number of fused-ring (bicyclic) bond motifs is 1. The minimum atomic E-state index is 0.337. The normalized spacial score (nSPS) is 19.6. The predicted molar refractivity (Wildman–Crippen MR) is 92.0 cm³/mol. The van der Waals surface area contributed by atoms with E-state index >= 15 is 0 Å². The van der Waals surface area contributed by atoms with E-state index in [1.54, 1.807) is 0 Å². The molecule has 1 aliphatic carbocycles. The van der Waals surface area contributed by atoms with Crippen molar-refractivity contribution < 1.29 is 0 Å². The third kappa shape index (κ3) is 2.69. The highest BCUT2D eigenvalue weighted by molar-refractivity contribution is 6.35. The van der Waals surface area contributed by atoms with Crippen LogP contribution in [-0.4, -0.2) is 7.05 Å². The zero-order valence-electron chi connectivity index (χ0n) is 13.0. The highest BCUT2D eigenvalue weighted by Crippen LogP contribution is 2.47. The lowest BCUT2D eigenvalue weighted by atomic mass is 9.68. The lowest BCUT2D eigenvalue weighted by Crippen LogP contribution is -2.36. The average molecular weight is 302 g/mol. The first kappa shape index (κ1) is 14.9. The summed E-state index contributed by atoms with van der Waals surface area (Å²) in [6, 6.07) is 13.2. The maximum atomic E-state index is 6.38. The summed E-state index contributed by atoms with van der Waals surface area (Å²) in [6.45, 7) is 2.44. The van der Waals surface area contributed by atoms with E-state index < -0.39 is 0 Å². The van der Waals surface area contributed by atoms with E-state index in [-0.39, 0.29) is 0 Å². The van der Waals surface area contributed by atoms with Gasteiger partial charge in [0.05, 0.1) is 0 Å². The van der Waals surface area contributed by atoms with Crippen molar-refractivity contribution in [3.8, 4) is 0 Å². The summed E-state index contributed by atoms with van der Waals surface area (Å²) < 4.78 is 0. The molecule has 0 aliphatic heterocycles. The lowest BCUT2D eigenvalue weighted by Gasteiger charge is -2.41. The third-order valence-electron chi connectivity index (χ3n) is 5.20. The fourth-order valence-corrected chi connectivity index (χ4v) is 4.29. The van der Waals surface area contributed by atoms with Crippen LogP contribution in [0, 0.1) is 5.41 Å². The largest absolute Gasteiger partial charge is 0.313 e. The second-order valence-corrected chi connectivity index (χ2v) is 7.03. The molecule has 0 heterocycles. The predicted octanol–water partition coefficient (Wildman–Crippen LogP) is 5.72. The Morgan fingerprint density at radius 2 is 1.67 bits per heavy atom. The van der Waals surface area contributed by atoms with Gasteiger partial charge in [0.2, 0.25) is 0 Å². The molecule has 0 bridgehead atoms. The number of rotatable bonds is 3. The van der Waals surface area contributed by atoms with Crippen LogP contribution in [0.4, 0.5) is 0 Å². The van der Waals surface area contributed by atoms with Crippen LogP contribution < -0.4 is 5.32 Å². The topological polar surface area (TPSA) is 12.0 Å². The maximum Gasteiger partial charge on any atom is 0.0484 e. The van der Waals surface area contributed by atoms with Gasteiger partial charge in [-0.15, -0.1) is 0 Å². The van der Waals surface area contributed by atoms with Crippen molar-refractivity contribution >= 4 is 22.4 Å². The second kappa shape index (κ2) is 5.98. The van der Waals surface area contributed by atoms with Gasteiger partial charge in [-0.05, 0) is 42.3 Å². The molecule has 2 aromatic carbocycles. The fourth-order valence-electron chi connectivity index (χ4n) is 4.06. The summed E-state index contributed by atoms with van der Waals surface area (Å²) in [5.74, 6) is 0.